The van der Waals surface area contributed by atoms with E-state index in [9.17, 15) is 9.90 Å². The highest BCUT2D eigenvalue weighted by atomic mass is 16.5. The molecule has 4 rings (SSSR count). The number of carbonyl (C=O) groups is 1. The van der Waals surface area contributed by atoms with E-state index in [1.165, 1.54) is 35.1 Å². The third-order valence-electron chi connectivity index (χ3n) is 7.59. The van der Waals surface area contributed by atoms with Crippen molar-refractivity contribution < 1.29 is 14.6 Å². The van der Waals surface area contributed by atoms with Gasteiger partial charge in [-0.1, -0.05) is 101 Å². The van der Waals surface area contributed by atoms with Gasteiger partial charge in [0.05, 0.1) is 6.42 Å². The molecule has 1 aliphatic rings. The maximum Gasteiger partial charge on any atom is 0.304 e. The Morgan fingerprint density at radius 3 is 2.22 bits per heavy atom. The highest BCUT2D eigenvalue weighted by molar-refractivity contribution is 5.68. The van der Waals surface area contributed by atoms with Crippen molar-refractivity contribution in [1.29, 1.82) is 0 Å². The van der Waals surface area contributed by atoms with E-state index in [0.717, 1.165) is 17.7 Å². The van der Waals surface area contributed by atoms with Crippen molar-refractivity contribution in [3.8, 4) is 5.75 Å². The Morgan fingerprint density at radius 2 is 1.56 bits per heavy atom. The number of hydrogen-bond donors (Lipinski definition) is 1. The lowest BCUT2D eigenvalue weighted by atomic mass is 9.63. The Labute approximate surface area is 215 Å². The molecule has 3 aromatic carbocycles. The summed E-state index contributed by atoms with van der Waals surface area (Å²) in [6.07, 6.45) is 7.31. The molecule has 0 radical (unpaired) electrons. The zero-order valence-electron chi connectivity index (χ0n) is 22.0. The molecule has 36 heavy (non-hydrogen) atoms. The van der Waals surface area contributed by atoms with Gasteiger partial charge in [-0.15, -0.1) is 0 Å². The number of rotatable bonds is 9. The van der Waals surface area contributed by atoms with E-state index in [1.54, 1.807) is 0 Å². The van der Waals surface area contributed by atoms with Gasteiger partial charge < -0.3 is 9.84 Å². The summed E-state index contributed by atoms with van der Waals surface area (Å²) in [6.45, 7) is 9.87. The molecule has 0 aromatic heterocycles. The third-order valence-corrected chi connectivity index (χ3v) is 7.59. The molecule has 0 fully saturated rings. The molecule has 3 aromatic rings. The maximum absolute atomic E-state index is 11.5. The number of carboxylic acid groups (broad SMARTS) is 1. The lowest BCUT2D eigenvalue weighted by molar-refractivity contribution is -0.137. The zero-order valence-corrected chi connectivity index (χ0v) is 22.0. The maximum atomic E-state index is 11.5. The van der Waals surface area contributed by atoms with Gasteiger partial charge in [-0.3, -0.25) is 4.79 Å². The molecular weight excluding hydrogens is 444 g/mol. The lowest BCUT2D eigenvalue weighted by Crippen LogP contribution is -2.33. The molecule has 1 N–H and O–H groups in total. The highest BCUT2D eigenvalue weighted by Gasteiger charge is 2.36. The number of ether oxygens (including phenoxy) is 1. The van der Waals surface area contributed by atoms with E-state index in [4.69, 9.17) is 4.74 Å². The van der Waals surface area contributed by atoms with Crippen LogP contribution >= 0.6 is 0 Å². The fraction of sp³-hybridized carbons (Fsp3) is 0.364. The van der Waals surface area contributed by atoms with Crippen LogP contribution in [0.2, 0.25) is 0 Å². The predicted molar refractivity (Wildman–Crippen MR) is 147 cm³/mol. The summed E-state index contributed by atoms with van der Waals surface area (Å²) in [6, 6.07) is 24.8. The SMILES string of the molecule is CC1(C)CCC(C)(C)c2cc(COc3ccc([C@@H](/C=C/Cc4ccccc4)CC(=O)O)cc3)ccc21. The first kappa shape index (κ1) is 25.8. The van der Waals surface area contributed by atoms with Crippen molar-refractivity contribution in [2.75, 3.05) is 0 Å². The van der Waals surface area contributed by atoms with Crippen LogP contribution in [0.1, 0.15) is 80.7 Å². The topological polar surface area (TPSA) is 46.5 Å². The number of carboxylic acids is 1. The summed E-state index contributed by atoms with van der Waals surface area (Å²) in [5.74, 6) is -0.187. The average Bonchev–Trinajstić information content (AvgIpc) is 2.86. The standard InChI is InChI=1S/C33H38O3/c1-32(2)19-20-33(3,4)30-21-25(13-18-29(30)32)23-36-28-16-14-26(15-17-28)27(22-31(34)35)12-8-11-24-9-6-5-7-10-24/h5-10,12-18,21,27H,11,19-20,22-23H2,1-4H3,(H,34,35)/b12-8+/t27-/m0/s1. The molecule has 0 spiro atoms. The fourth-order valence-electron chi connectivity index (χ4n) is 5.17. The number of hydrogen-bond acceptors (Lipinski definition) is 2. The van der Waals surface area contributed by atoms with Crippen molar-refractivity contribution in [2.45, 2.75) is 76.7 Å². The molecule has 0 aliphatic heterocycles. The van der Waals surface area contributed by atoms with Gasteiger partial charge in [0.2, 0.25) is 0 Å². The van der Waals surface area contributed by atoms with Crippen molar-refractivity contribution in [2.24, 2.45) is 0 Å². The molecule has 0 saturated heterocycles. The van der Waals surface area contributed by atoms with Crippen LogP contribution in [-0.2, 0) is 28.7 Å². The van der Waals surface area contributed by atoms with Gasteiger partial charge in [-0.25, -0.2) is 0 Å². The normalized spacial score (nSPS) is 16.9. The first-order valence-electron chi connectivity index (χ1n) is 12.9. The minimum atomic E-state index is -0.803. The Bertz CT molecular complexity index is 1200. The van der Waals surface area contributed by atoms with Gasteiger partial charge in [-0.05, 0) is 70.0 Å². The molecule has 0 heterocycles. The van der Waals surface area contributed by atoms with E-state index >= 15 is 0 Å². The van der Waals surface area contributed by atoms with Crippen LogP contribution in [0.3, 0.4) is 0 Å². The van der Waals surface area contributed by atoms with E-state index in [0.29, 0.717) is 6.61 Å². The third kappa shape index (κ3) is 6.26. The number of allylic oxidation sites excluding steroid dienone is 2. The van der Waals surface area contributed by atoms with E-state index in [1.807, 2.05) is 48.5 Å². The zero-order chi connectivity index (χ0) is 25.8. The van der Waals surface area contributed by atoms with Gasteiger partial charge >= 0.3 is 5.97 Å². The quantitative estimate of drug-likeness (QED) is 0.315. The Hall–Kier alpha value is -3.33. The molecule has 0 unspecified atom stereocenters. The van der Waals surface area contributed by atoms with Crippen LogP contribution < -0.4 is 4.74 Å². The molecule has 188 valence electrons. The van der Waals surface area contributed by atoms with E-state index in [2.05, 4.69) is 64.1 Å². The fourth-order valence-corrected chi connectivity index (χ4v) is 5.17. The summed E-state index contributed by atoms with van der Waals surface area (Å²) in [5.41, 5.74) is 6.65. The minimum absolute atomic E-state index is 0.0623. The molecule has 3 heteroatoms. The number of benzene rings is 3. The van der Waals surface area contributed by atoms with Crippen LogP contribution in [0.5, 0.6) is 5.75 Å². The van der Waals surface area contributed by atoms with E-state index < -0.39 is 5.97 Å². The highest BCUT2D eigenvalue weighted by Crippen LogP contribution is 2.46. The Balaban J connectivity index is 1.43. The second kappa shape index (κ2) is 10.7. The van der Waals surface area contributed by atoms with E-state index in [-0.39, 0.29) is 23.2 Å². The van der Waals surface area contributed by atoms with Gasteiger partial charge in [0.25, 0.3) is 0 Å². The van der Waals surface area contributed by atoms with Crippen molar-refractivity contribution >= 4 is 5.97 Å². The van der Waals surface area contributed by atoms with Crippen LogP contribution in [0.25, 0.3) is 0 Å². The Kier molecular flexibility index (Phi) is 7.68. The smallest absolute Gasteiger partial charge is 0.304 e. The molecule has 0 saturated carbocycles. The van der Waals surface area contributed by atoms with Gasteiger partial charge in [0.1, 0.15) is 12.4 Å². The molecule has 1 atom stereocenters. The minimum Gasteiger partial charge on any atom is -0.489 e. The molecule has 0 amide bonds. The van der Waals surface area contributed by atoms with Crippen molar-refractivity contribution in [3.63, 3.8) is 0 Å². The monoisotopic (exact) mass is 482 g/mol. The van der Waals surface area contributed by atoms with Crippen molar-refractivity contribution in [3.05, 3.63) is 113 Å². The number of aliphatic carboxylic acids is 1. The molecule has 0 bridgehead atoms. The molecule has 3 nitrogen and oxygen atoms in total. The summed E-state index contributed by atoms with van der Waals surface area (Å²) < 4.78 is 6.12. The average molecular weight is 483 g/mol. The summed E-state index contributed by atoms with van der Waals surface area (Å²) in [5, 5.41) is 9.42. The van der Waals surface area contributed by atoms with Crippen LogP contribution in [0, 0.1) is 0 Å². The van der Waals surface area contributed by atoms with Crippen molar-refractivity contribution in [1.82, 2.24) is 0 Å². The molecular formula is C33H38O3. The second-order valence-electron chi connectivity index (χ2n) is 11.3. The summed E-state index contributed by atoms with van der Waals surface area (Å²) >= 11 is 0. The van der Waals surface area contributed by atoms with Gasteiger partial charge in [0.15, 0.2) is 0 Å². The molecule has 1 aliphatic carbocycles. The first-order chi connectivity index (χ1) is 17.1. The van der Waals surface area contributed by atoms with Gasteiger partial charge in [0, 0.05) is 5.92 Å². The van der Waals surface area contributed by atoms with Crippen LogP contribution in [-0.4, -0.2) is 11.1 Å². The Morgan fingerprint density at radius 1 is 0.889 bits per heavy atom. The van der Waals surface area contributed by atoms with Crippen LogP contribution in [0.15, 0.2) is 84.9 Å². The van der Waals surface area contributed by atoms with Crippen LogP contribution in [0.4, 0.5) is 0 Å². The first-order valence-corrected chi connectivity index (χ1v) is 12.9. The predicted octanol–water partition coefficient (Wildman–Crippen LogP) is 7.97. The largest absolute Gasteiger partial charge is 0.489 e. The number of fused-ring (bicyclic) bond motifs is 1. The van der Waals surface area contributed by atoms with Gasteiger partial charge in [-0.2, -0.15) is 0 Å². The second-order valence-corrected chi connectivity index (χ2v) is 11.3. The summed E-state index contributed by atoms with van der Waals surface area (Å²) in [4.78, 5) is 11.5. The summed E-state index contributed by atoms with van der Waals surface area (Å²) in [7, 11) is 0. The lowest BCUT2D eigenvalue weighted by Gasteiger charge is -2.42.